The lowest BCUT2D eigenvalue weighted by Crippen LogP contribution is -2.18. The van der Waals surface area contributed by atoms with Crippen LogP contribution in [0.15, 0.2) is 41.5 Å². The van der Waals surface area contributed by atoms with Crippen LogP contribution in [0.4, 0.5) is 0 Å². The van der Waals surface area contributed by atoms with Crippen molar-refractivity contribution >= 4 is 23.5 Å². The number of carbonyl (C=O) groups is 1. The van der Waals surface area contributed by atoms with Gasteiger partial charge in [-0.05, 0) is 42.2 Å². The molecule has 3 nitrogen and oxygen atoms in total. The molecule has 0 bridgehead atoms. The van der Waals surface area contributed by atoms with Crippen molar-refractivity contribution in [2.45, 2.75) is 33.1 Å². The highest BCUT2D eigenvalue weighted by Crippen LogP contribution is 2.22. The molecule has 1 amide bonds. The van der Waals surface area contributed by atoms with E-state index >= 15 is 0 Å². The lowest BCUT2D eigenvalue weighted by atomic mass is 9.87. The van der Waals surface area contributed by atoms with Crippen LogP contribution >= 0.6 is 11.3 Å². The van der Waals surface area contributed by atoms with Crippen molar-refractivity contribution in [3.63, 3.8) is 0 Å². The second-order valence-corrected chi connectivity index (χ2v) is 7.29. The minimum absolute atomic E-state index is 0.0875. The van der Waals surface area contributed by atoms with Crippen molar-refractivity contribution < 1.29 is 4.79 Å². The number of amides is 1. The first-order chi connectivity index (χ1) is 9.86. The molecule has 21 heavy (non-hydrogen) atoms. The quantitative estimate of drug-likeness (QED) is 0.672. The van der Waals surface area contributed by atoms with E-state index in [0.29, 0.717) is 5.56 Å². The number of nitrogens with zero attached hydrogens (tertiary/aromatic N) is 1. The van der Waals surface area contributed by atoms with Crippen LogP contribution in [-0.4, -0.2) is 12.1 Å². The van der Waals surface area contributed by atoms with Gasteiger partial charge in [0.1, 0.15) is 0 Å². The predicted molar refractivity (Wildman–Crippen MR) is 89.3 cm³/mol. The number of aryl methyl sites for hydroxylation is 1. The Morgan fingerprint density at radius 1 is 1.14 bits per heavy atom. The summed E-state index contributed by atoms with van der Waals surface area (Å²) in [7, 11) is 0. The fourth-order valence-electron chi connectivity index (χ4n) is 1.86. The zero-order valence-electron chi connectivity index (χ0n) is 12.8. The van der Waals surface area contributed by atoms with E-state index in [1.807, 2.05) is 43.3 Å². The Morgan fingerprint density at radius 3 is 2.33 bits per heavy atom. The summed E-state index contributed by atoms with van der Waals surface area (Å²) in [5.41, 5.74) is 4.46. The molecule has 2 rings (SSSR count). The summed E-state index contributed by atoms with van der Waals surface area (Å²) >= 11 is 1.64. The van der Waals surface area contributed by atoms with Crippen LogP contribution in [0.5, 0.6) is 0 Å². The molecule has 4 heteroatoms. The van der Waals surface area contributed by atoms with Gasteiger partial charge in [0.05, 0.1) is 6.21 Å². The van der Waals surface area contributed by atoms with Crippen molar-refractivity contribution in [3.8, 4) is 0 Å². The third-order valence-electron chi connectivity index (χ3n) is 3.13. The van der Waals surface area contributed by atoms with E-state index < -0.39 is 0 Å². The minimum atomic E-state index is -0.194. The van der Waals surface area contributed by atoms with Gasteiger partial charge < -0.3 is 0 Å². The molecule has 0 saturated carbocycles. The van der Waals surface area contributed by atoms with E-state index in [2.05, 4.69) is 31.3 Å². The minimum Gasteiger partial charge on any atom is -0.267 e. The Hall–Kier alpha value is -1.94. The molecule has 110 valence electrons. The highest BCUT2D eigenvalue weighted by Gasteiger charge is 2.14. The van der Waals surface area contributed by atoms with Crippen molar-refractivity contribution in [1.82, 2.24) is 5.43 Å². The molecule has 1 heterocycles. The third kappa shape index (κ3) is 4.26. The standard InChI is InChI=1S/C17H20N2OS/c1-12-5-10-15(21-12)11-18-19-16(20)13-6-8-14(9-7-13)17(2,3)4/h5-11H,1-4H3,(H,19,20)/b18-11-. The number of nitrogens with one attached hydrogen (secondary N) is 1. The Morgan fingerprint density at radius 2 is 1.81 bits per heavy atom. The number of hydrazone groups is 1. The molecule has 0 radical (unpaired) electrons. The largest absolute Gasteiger partial charge is 0.271 e. The fourth-order valence-corrected chi connectivity index (χ4v) is 2.61. The van der Waals surface area contributed by atoms with Crippen LogP contribution < -0.4 is 5.43 Å². The van der Waals surface area contributed by atoms with Gasteiger partial charge in [-0.25, -0.2) is 5.43 Å². The molecule has 0 saturated heterocycles. The summed E-state index contributed by atoms with van der Waals surface area (Å²) in [4.78, 5) is 14.2. The van der Waals surface area contributed by atoms with Gasteiger partial charge in [-0.15, -0.1) is 11.3 Å². The summed E-state index contributed by atoms with van der Waals surface area (Å²) in [6, 6.07) is 11.6. The van der Waals surface area contributed by atoms with Crippen LogP contribution in [0, 0.1) is 6.92 Å². The van der Waals surface area contributed by atoms with Crippen molar-refractivity contribution in [2.75, 3.05) is 0 Å². The SMILES string of the molecule is Cc1ccc(/C=N\NC(=O)c2ccc(C(C)(C)C)cc2)s1. The molecule has 1 N–H and O–H groups in total. The maximum Gasteiger partial charge on any atom is 0.271 e. The average molecular weight is 300 g/mol. The molecule has 0 aliphatic heterocycles. The maximum atomic E-state index is 12.0. The van der Waals surface area contributed by atoms with E-state index in [4.69, 9.17) is 0 Å². The van der Waals surface area contributed by atoms with Gasteiger partial charge in [-0.1, -0.05) is 32.9 Å². The van der Waals surface area contributed by atoms with Crippen molar-refractivity contribution in [2.24, 2.45) is 5.10 Å². The number of hydrogen-bond donors (Lipinski definition) is 1. The lowest BCUT2D eigenvalue weighted by Gasteiger charge is -2.18. The van der Waals surface area contributed by atoms with E-state index in [-0.39, 0.29) is 11.3 Å². The third-order valence-corrected chi connectivity index (χ3v) is 4.07. The first-order valence-electron chi connectivity index (χ1n) is 6.86. The summed E-state index contributed by atoms with van der Waals surface area (Å²) in [5, 5.41) is 3.99. The second kappa shape index (κ2) is 6.22. The van der Waals surface area contributed by atoms with Gasteiger partial charge in [-0.2, -0.15) is 5.10 Å². The smallest absolute Gasteiger partial charge is 0.267 e. The molecule has 0 aliphatic rings. The molecule has 0 fully saturated rings. The van der Waals surface area contributed by atoms with Gasteiger partial charge in [0, 0.05) is 15.3 Å². The predicted octanol–water partition coefficient (Wildman–Crippen LogP) is 4.12. The normalized spacial score (nSPS) is 11.8. The number of hydrogen-bond acceptors (Lipinski definition) is 3. The monoisotopic (exact) mass is 300 g/mol. The highest BCUT2D eigenvalue weighted by molar-refractivity contribution is 7.13. The summed E-state index contributed by atoms with van der Waals surface area (Å²) in [6.07, 6.45) is 1.67. The van der Waals surface area contributed by atoms with Crippen LogP contribution in [-0.2, 0) is 5.41 Å². The molecule has 1 aromatic heterocycles. The molecule has 0 unspecified atom stereocenters. The zero-order valence-corrected chi connectivity index (χ0v) is 13.6. The van der Waals surface area contributed by atoms with E-state index in [0.717, 1.165) is 4.88 Å². The Balaban J connectivity index is 1.99. The van der Waals surface area contributed by atoms with E-state index in [9.17, 15) is 4.79 Å². The summed E-state index contributed by atoms with van der Waals surface area (Å²) < 4.78 is 0. The molecular formula is C17H20N2OS. The number of rotatable bonds is 3. The molecule has 0 spiro atoms. The molecule has 0 atom stereocenters. The van der Waals surface area contributed by atoms with Crippen LogP contribution in [0.3, 0.4) is 0 Å². The molecule has 2 aromatic rings. The van der Waals surface area contributed by atoms with Crippen LogP contribution in [0.25, 0.3) is 0 Å². The summed E-state index contributed by atoms with van der Waals surface area (Å²) in [6.45, 7) is 8.48. The topological polar surface area (TPSA) is 41.5 Å². The number of thiophene rings is 1. The van der Waals surface area contributed by atoms with Crippen LogP contribution in [0.2, 0.25) is 0 Å². The van der Waals surface area contributed by atoms with Crippen LogP contribution in [0.1, 0.15) is 46.4 Å². The zero-order chi connectivity index (χ0) is 15.5. The molecule has 0 aliphatic carbocycles. The summed E-state index contributed by atoms with van der Waals surface area (Å²) in [5.74, 6) is -0.194. The fraction of sp³-hybridized carbons (Fsp3) is 0.294. The van der Waals surface area contributed by atoms with Crippen molar-refractivity contribution in [1.29, 1.82) is 0 Å². The highest BCUT2D eigenvalue weighted by atomic mass is 32.1. The van der Waals surface area contributed by atoms with Gasteiger partial charge in [0.25, 0.3) is 5.91 Å². The Kier molecular flexibility index (Phi) is 4.58. The second-order valence-electron chi connectivity index (χ2n) is 5.97. The lowest BCUT2D eigenvalue weighted by molar-refractivity contribution is 0.0955. The number of benzene rings is 1. The van der Waals surface area contributed by atoms with Gasteiger partial charge in [0.2, 0.25) is 0 Å². The Labute approximate surface area is 129 Å². The molecular weight excluding hydrogens is 280 g/mol. The Bertz CT molecular complexity index is 648. The first kappa shape index (κ1) is 15.4. The van der Waals surface area contributed by atoms with E-state index in [1.54, 1.807) is 17.6 Å². The van der Waals surface area contributed by atoms with Gasteiger partial charge >= 0.3 is 0 Å². The van der Waals surface area contributed by atoms with Gasteiger partial charge in [0.15, 0.2) is 0 Å². The first-order valence-corrected chi connectivity index (χ1v) is 7.68. The number of carbonyl (C=O) groups excluding carboxylic acids is 1. The van der Waals surface area contributed by atoms with Gasteiger partial charge in [-0.3, -0.25) is 4.79 Å². The average Bonchev–Trinajstić information content (AvgIpc) is 2.83. The molecule has 1 aromatic carbocycles. The van der Waals surface area contributed by atoms with E-state index in [1.165, 1.54) is 10.4 Å². The maximum absolute atomic E-state index is 12.0. The van der Waals surface area contributed by atoms with Crippen molar-refractivity contribution in [3.05, 3.63) is 57.3 Å².